The molecule has 0 bridgehead atoms. The van der Waals surface area contributed by atoms with Crippen molar-refractivity contribution < 1.29 is 4.39 Å². The molecule has 0 radical (unpaired) electrons. The molecule has 1 N–H and O–H groups in total. The number of H-pyrrole nitrogens is 1. The van der Waals surface area contributed by atoms with Gasteiger partial charge in [-0.15, -0.1) is 0 Å². The summed E-state index contributed by atoms with van der Waals surface area (Å²) < 4.78 is 15.9. The number of hydrogen-bond donors (Lipinski definition) is 1. The summed E-state index contributed by atoms with van der Waals surface area (Å²) in [6.45, 7) is 3.33. The number of imidazole rings is 1. The molecule has 0 atom stereocenters. The number of rotatable bonds is 5. The topological polar surface area (TPSA) is 72.7 Å². The van der Waals surface area contributed by atoms with E-state index < -0.39 is 11.4 Å². The number of nitrogens with one attached hydrogen (secondary N) is 1. The maximum Gasteiger partial charge on any atom is 0.332 e. The van der Waals surface area contributed by atoms with Crippen molar-refractivity contribution in [3.8, 4) is 0 Å². The van der Waals surface area contributed by atoms with Crippen LogP contribution in [0.5, 0.6) is 0 Å². The smallest absolute Gasteiger partial charge is 0.332 e. The Labute approximate surface area is 115 Å². The molecular weight excluding hydrogens is 263 g/mol. The van der Waals surface area contributed by atoms with Crippen LogP contribution in [0.25, 0.3) is 11.2 Å². The van der Waals surface area contributed by atoms with Gasteiger partial charge in [0.15, 0.2) is 5.65 Å². The Balaban J connectivity index is 2.22. The van der Waals surface area contributed by atoms with Crippen LogP contribution >= 0.6 is 0 Å². The zero-order chi connectivity index (χ0) is 14.9. The second-order valence-electron chi connectivity index (χ2n) is 5.58. The van der Waals surface area contributed by atoms with Crippen molar-refractivity contribution in [2.24, 2.45) is 7.05 Å². The molecule has 2 aromatic rings. The van der Waals surface area contributed by atoms with Crippen molar-refractivity contribution in [2.75, 3.05) is 0 Å². The van der Waals surface area contributed by atoms with Gasteiger partial charge in [0.2, 0.25) is 0 Å². The Hall–Kier alpha value is -1.92. The van der Waals surface area contributed by atoms with Crippen molar-refractivity contribution >= 4 is 11.2 Å². The zero-order valence-electron chi connectivity index (χ0n) is 11.9. The fourth-order valence-electron chi connectivity index (χ4n) is 2.20. The molecule has 2 aromatic heterocycles. The van der Waals surface area contributed by atoms with E-state index in [-0.39, 0.29) is 12.1 Å². The molecule has 0 saturated carbocycles. The molecule has 6 nitrogen and oxygen atoms in total. The first-order valence-corrected chi connectivity index (χ1v) is 6.63. The Morgan fingerprint density at radius 1 is 1.35 bits per heavy atom. The van der Waals surface area contributed by atoms with Crippen LogP contribution in [0.15, 0.2) is 15.9 Å². The Kier molecular flexibility index (Phi) is 3.78. The molecule has 0 aromatic carbocycles. The van der Waals surface area contributed by atoms with E-state index in [0.29, 0.717) is 30.4 Å². The molecule has 7 heteroatoms. The summed E-state index contributed by atoms with van der Waals surface area (Å²) in [7, 11) is 1.58. The number of hydrogen-bond acceptors (Lipinski definition) is 3. The first-order chi connectivity index (χ1) is 9.31. The van der Waals surface area contributed by atoms with Gasteiger partial charge in [-0.05, 0) is 33.1 Å². The molecule has 2 rings (SSSR count). The normalized spacial score (nSPS) is 12.2. The van der Waals surface area contributed by atoms with Crippen molar-refractivity contribution in [2.45, 2.75) is 45.3 Å². The number of aromatic nitrogens is 4. The SMILES string of the molecule is Cn1c(=O)n(CCCCC(C)(C)F)c(=O)c2[nH]cnc21. The first-order valence-electron chi connectivity index (χ1n) is 6.63. The second kappa shape index (κ2) is 5.22. The van der Waals surface area contributed by atoms with Crippen LogP contribution in [-0.2, 0) is 13.6 Å². The summed E-state index contributed by atoms with van der Waals surface area (Å²) in [6.07, 6.45) is 3.01. The lowest BCUT2D eigenvalue weighted by Crippen LogP contribution is -2.39. The molecule has 0 saturated heterocycles. The highest BCUT2D eigenvalue weighted by Gasteiger charge is 2.15. The molecule has 110 valence electrons. The average Bonchev–Trinajstić information content (AvgIpc) is 2.83. The van der Waals surface area contributed by atoms with E-state index in [4.69, 9.17) is 0 Å². The fourth-order valence-corrected chi connectivity index (χ4v) is 2.20. The molecule has 0 unspecified atom stereocenters. The monoisotopic (exact) mass is 282 g/mol. The third-order valence-electron chi connectivity index (χ3n) is 3.32. The quantitative estimate of drug-likeness (QED) is 0.841. The fraction of sp³-hybridized carbons (Fsp3) is 0.615. The van der Waals surface area contributed by atoms with Crippen LogP contribution in [0, 0.1) is 0 Å². The van der Waals surface area contributed by atoms with Crippen LogP contribution in [-0.4, -0.2) is 24.8 Å². The van der Waals surface area contributed by atoms with Crippen molar-refractivity contribution in [3.05, 3.63) is 27.2 Å². The molecular formula is C13H19FN4O2. The lowest BCUT2D eigenvalue weighted by Gasteiger charge is -2.13. The number of nitrogens with zero attached hydrogens (tertiary/aromatic N) is 3. The standard InChI is InChI=1S/C13H19FN4O2/c1-13(2,14)6-4-5-7-18-11(19)9-10(16-8-15-9)17(3)12(18)20/h8H,4-7H2,1-3H3,(H,15,16). The van der Waals surface area contributed by atoms with Gasteiger partial charge in [0.1, 0.15) is 11.2 Å². The van der Waals surface area contributed by atoms with Gasteiger partial charge in [-0.25, -0.2) is 14.2 Å². The highest BCUT2D eigenvalue weighted by Crippen LogP contribution is 2.17. The van der Waals surface area contributed by atoms with Crippen LogP contribution in [0.2, 0.25) is 0 Å². The van der Waals surface area contributed by atoms with Crippen molar-refractivity contribution in [1.29, 1.82) is 0 Å². The largest absolute Gasteiger partial charge is 0.339 e. The first kappa shape index (κ1) is 14.5. The second-order valence-corrected chi connectivity index (χ2v) is 5.58. The highest BCUT2D eigenvalue weighted by atomic mass is 19.1. The average molecular weight is 282 g/mol. The lowest BCUT2D eigenvalue weighted by molar-refractivity contribution is 0.195. The van der Waals surface area contributed by atoms with Crippen LogP contribution in [0.3, 0.4) is 0 Å². The van der Waals surface area contributed by atoms with Crippen LogP contribution in [0.1, 0.15) is 33.1 Å². The van der Waals surface area contributed by atoms with Crippen molar-refractivity contribution in [1.82, 2.24) is 19.1 Å². The predicted molar refractivity (Wildman–Crippen MR) is 74.6 cm³/mol. The summed E-state index contributed by atoms with van der Waals surface area (Å²) >= 11 is 0. The maximum absolute atomic E-state index is 13.4. The minimum Gasteiger partial charge on any atom is -0.339 e. The summed E-state index contributed by atoms with van der Waals surface area (Å²) in [5.74, 6) is 0. The van der Waals surface area contributed by atoms with Gasteiger partial charge in [-0.3, -0.25) is 13.9 Å². The third kappa shape index (κ3) is 2.81. The van der Waals surface area contributed by atoms with Crippen molar-refractivity contribution in [3.63, 3.8) is 0 Å². The minimum absolute atomic E-state index is 0.288. The Morgan fingerprint density at radius 2 is 2.05 bits per heavy atom. The predicted octanol–water partition coefficient (Wildman–Crippen LogP) is 1.34. The number of fused-ring (bicyclic) bond motifs is 1. The molecule has 0 spiro atoms. The Bertz CT molecular complexity index is 721. The van der Waals surface area contributed by atoms with Crippen LogP contribution < -0.4 is 11.2 Å². The minimum atomic E-state index is -1.22. The van der Waals surface area contributed by atoms with E-state index in [1.54, 1.807) is 7.05 Å². The Morgan fingerprint density at radius 3 is 2.70 bits per heavy atom. The van der Waals surface area contributed by atoms with Gasteiger partial charge in [-0.1, -0.05) is 0 Å². The van der Waals surface area contributed by atoms with E-state index >= 15 is 0 Å². The molecule has 0 aliphatic rings. The summed E-state index contributed by atoms with van der Waals surface area (Å²) in [6, 6.07) is 0. The van der Waals surface area contributed by atoms with E-state index in [2.05, 4.69) is 9.97 Å². The molecule has 2 heterocycles. The molecule has 0 fully saturated rings. The van der Waals surface area contributed by atoms with Crippen LogP contribution in [0.4, 0.5) is 4.39 Å². The van der Waals surface area contributed by atoms with E-state index in [9.17, 15) is 14.0 Å². The van der Waals surface area contributed by atoms with Gasteiger partial charge in [0.05, 0.1) is 6.33 Å². The number of alkyl halides is 1. The number of aromatic amines is 1. The number of halogens is 1. The maximum atomic E-state index is 13.4. The van der Waals surface area contributed by atoms with E-state index in [1.807, 2.05) is 0 Å². The number of unbranched alkanes of at least 4 members (excludes halogenated alkanes) is 1. The van der Waals surface area contributed by atoms with Gasteiger partial charge in [-0.2, -0.15) is 0 Å². The summed E-state index contributed by atoms with van der Waals surface area (Å²) in [5, 5.41) is 0. The molecule has 0 aliphatic carbocycles. The highest BCUT2D eigenvalue weighted by molar-refractivity contribution is 5.68. The third-order valence-corrected chi connectivity index (χ3v) is 3.32. The van der Waals surface area contributed by atoms with E-state index in [1.165, 1.54) is 29.3 Å². The van der Waals surface area contributed by atoms with E-state index in [0.717, 1.165) is 0 Å². The zero-order valence-corrected chi connectivity index (χ0v) is 11.9. The van der Waals surface area contributed by atoms with Gasteiger partial charge >= 0.3 is 5.69 Å². The molecule has 20 heavy (non-hydrogen) atoms. The van der Waals surface area contributed by atoms with Gasteiger partial charge < -0.3 is 4.98 Å². The molecule has 0 amide bonds. The summed E-state index contributed by atoms with van der Waals surface area (Å²) in [4.78, 5) is 30.9. The molecule has 0 aliphatic heterocycles. The van der Waals surface area contributed by atoms with Gasteiger partial charge in [0.25, 0.3) is 5.56 Å². The lowest BCUT2D eigenvalue weighted by atomic mass is 10.0. The summed E-state index contributed by atoms with van der Waals surface area (Å²) in [5.41, 5.74) is -1.32. The van der Waals surface area contributed by atoms with Gasteiger partial charge in [0, 0.05) is 13.6 Å². The number of aryl methyl sites for hydroxylation is 1.